The lowest BCUT2D eigenvalue weighted by Crippen LogP contribution is -2.60. The maximum absolute atomic E-state index is 14.6. The number of rotatable bonds is 6. The number of hydrogen-bond acceptors (Lipinski definition) is 6. The van der Waals surface area contributed by atoms with Crippen LogP contribution in [0.15, 0.2) is 59.0 Å². The van der Waals surface area contributed by atoms with Crippen molar-refractivity contribution in [3.63, 3.8) is 0 Å². The number of alkyl halides is 4. The van der Waals surface area contributed by atoms with Crippen molar-refractivity contribution < 1.29 is 27.4 Å². The van der Waals surface area contributed by atoms with Gasteiger partial charge >= 0.3 is 12.3 Å². The minimum absolute atomic E-state index is 0.0639. The molecule has 0 aliphatic carbocycles. The molecule has 2 aromatic carbocycles. The summed E-state index contributed by atoms with van der Waals surface area (Å²) in [4.78, 5) is 4.29. The SMILES string of the molecule is COc1ccc(-c2csc(N3N=C(c4ccc(C)cc4)CC3(O)C(F)(F)C(F)F)n2)cc1. The van der Waals surface area contributed by atoms with Gasteiger partial charge in [-0.15, -0.1) is 11.3 Å². The molecule has 10 heteroatoms. The smallest absolute Gasteiger partial charge is 0.355 e. The summed E-state index contributed by atoms with van der Waals surface area (Å²) in [6, 6.07) is 13.6. The second-order valence-electron chi connectivity index (χ2n) is 7.39. The van der Waals surface area contributed by atoms with Crippen LogP contribution in [0.1, 0.15) is 17.5 Å². The molecule has 0 saturated carbocycles. The van der Waals surface area contributed by atoms with Crippen molar-refractivity contribution in [1.29, 1.82) is 0 Å². The number of nitrogens with zero attached hydrogens (tertiary/aromatic N) is 3. The number of ether oxygens (including phenoxy) is 1. The second kappa shape index (κ2) is 8.18. The molecule has 32 heavy (non-hydrogen) atoms. The van der Waals surface area contributed by atoms with E-state index in [1.165, 1.54) is 7.11 Å². The summed E-state index contributed by atoms with van der Waals surface area (Å²) in [5.74, 6) is -4.13. The number of benzene rings is 2. The summed E-state index contributed by atoms with van der Waals surface area (Å²) >= 11 is 0.920. The Morgan fingerprint density at radius 1 is 1.09 bits per heavy atom. The normalized spacial score (nSPS) is 18.9. The van der Waals surface area contributed by atoms with E-state index in [4.69, 9.17) is 4.74 Å². The number of hydrogen-bond donors (Lipinski definition) is 1. The molecule has 1 aromatic heterocycles. The summed E-state index contributed by atoms with van der Waals surface area (Å²) in [6.07, 6.45) is -4.88. The van der Waals surface area contributed by atoms with E-state index >= 15 is 0 Å². The highest BCUT2D eigenvalue weighted by Gasteiger charge is 2.66. The molecular formula is C22H19F4N3O2S. The standard InChI is InChI=1S/C22H19F4N3O2S/c1-13-3-5-14(6-4-13)17-11-21(30,22(25,26)19(23)24)29(28-17)20-27-18(12-32-20)15-7-9-16(31-2)10-8-15/h3-10,12,19,30H,11H2,1-2H3. The largest absolute Gasteiger partial charge is 0.497 e. The lowest BCUT2D eigenvalue weighted by molar-refractivity contribution is -0.237. The molecular weight excluding hydrogens is 446 g/mol. The van der Waals surface area contributed by atoms with Gasteiger partial charge in [-0.3, -0.25) is 0 Å². The Labute approximate surface area is 185 Å². The summed E-state index contributed by atoms with van der Waals surface area (Å²) in [5, 5.41) is 17.0. The molecule has 1 N–H and O–H groups in total. The fraction of sp³-hybridized carbons (Fsp3) is 0.273. The zero-order chi connectivity index (χ0) is 23.1. The van der Waals surface area contributed by atoms with Crippen LogP contribution in [-0.4, -0.2) is 41.0 Å². The van der Waals surface area contributed by atoms with Crippen molar-refractivity contribution in [2.24, 2.45) is 5.10 Å². The van der Waals surface area contributed by atoms with E-state index in [-0.39, 0.29) is 10.8 Å². The Morgan fingerprint density at radius 3 is 2.31 bits per heavy atom. The zero-order valence-electron chi connectivity index (χ0n) is 17.1. The Balaban J connectivity index is 1.75. The minimum Gasteiger partial charge on any atom is -0.497 e. The van der Waals surface area contributed by atoms with E-state index in [1.807, 2.05) is 6.92 Å². The average Bonchev–Trinajstić information content (AvgIpc) is 3.40. The van der Waals surface area contributed by atoms with Gasteiger partial charge < -0.3 is 9.84 Å². The Hall–Kier alpha value is -2.98. The molecule has 5 nitrogen and oxygen atoms in total. The Kier molecular flexibility index (Phi) is 5.68. The number of aliphatic hydroxyl groups is 1. The first-order valence-electron chi connectivity index (χ1n) is 9.59. The first-order chi connectivity index (χ1) is 15.2. The van der Waals surface area contributed by atoms with E-state index in [0.29, 0.717) is 27.6 Å². The molecule has 0 spiro atoms. The highest BCUT2D eigenvalue weighted by atomic mass is 32.1. The van der Waals surface area contributed by atoms with Crippen LogP contribution in [0, 0.1) is 6.92 Å². The summed E-state index contributed by atoms with van der Waals surface area (Å²) in [5.41, 5.74) is -0.728. The van der Waals surface area contributed by atoms with Crippen LogP contribution < -0.4 is 9.75 Å². The topological polar surface area (TPSA) is 58.0 Å². The van der Waals surface area contributed by atoms with Gasteiger partial charge in [-0.1, -0.05) is 29.8 Å². The van der Waals surface area contributed by atoms with Crippen LogP contribution in [0.5, 0.6) is 5.75 Å². The number of anilines is 1. The van der Waals surface area contributed by atoms with Gasteiger partial charge in [0, 0.05) is 17.4 Å². The zero-order valence-corrected chi connectivity index (χ0v) is 17.9. The molecule has 0 fully saturated rings. The predicted molar refractivity (Wildman–Crippen MR) is 115 cm³/mol. The van der Waals surface area contributed by atoms with Crippen molar-refractivity contribution in [2.75, 3.05) is 12.1 Å². The predicted octanol–water partition coefficient (Wildman–Crippen LogP) is 5.33. The van der Waals surface area contributed by atoms with E-state index in [0.717, 1.165) is 16.9 Å². The number of methoxy groups -OCH3 is 1. The fourth-order valence-electron chi connectivity index (χ4n) is 3.34. The maximum Gasteiger partial charge on any atom is 0.355 e. The number of aromatic nitrogens is 1. The highest BCUT2D eigenvalue weighted by molar-refractivity contribution is 7.14. The molecule has 168 valence electrons. The molecule has 0 amide bonds. The monoisotopic (exact) mass is 465 g/mol. The highest BCUT2D eigenvalue weighted by Crippen LogP contribution is 2.46. The quantitative estimate of drug-likeness (QED) is 0.500. The van der Waals surface area contributed by atoms with E-state index in [1.54, 1.807) is 53.9 Å². The van der Waals surface area contributed by atoms with Crippen LogP contribution in [0.3, 0.4) is 0 Å². The first-order valence-corrected chi connectivity index (χ1v) is 10.5. The summed E-state index contributed by atoms with van der Waals surface area (Å²) in [6.45, 7) is 1.85. The van der Waals surface area contributed by atoms with Crippen molar-refractivity contribution in [1.82, 2.24) is 4.98 Å². The molecule has 1 aliphatic heterocycles. The number of aryl methyl sites for hydroxylation is 1. The molecule has 1 unspecified atom stereocenters. The van der Waals surface area contributed by atoms with Crippen molar-refractivity contribution in [2.45, 2.75) is 31.4 Å². The molecule has 0 radical (unpaired) electrons. The average molecular weight is 465 g/mol. The van der Waals surface area contributed by atoms with Gasteiger partial charge in [0.15, 0.2) is 0 Å². The maximum atomic E-state index is 14.6. The fourth-order valence-corrected chi connectivity index (χ4v) is 4.19. The van der Waals surface area contributed by atoms with Gasteiger partial charge in [-0.2, -0.15) is 18.9 Å². The van der Waals surface area contributed by atoms with Crippen molar-refractivity contribution in [3.8, 4) is 17.0 Å². The van der Waals surface area contributed by atoms with Crippen LogP contribution >= 0.6 is 11.3 Å². The second-order valence-corrected chi connectivity index (χ2v) is 8.22. The van der Waals surface area contributed by atoms with Gasteiger partial charge in [-0.05, 0) is 36.8 Å². The number of hydrazone groups is 1. The van der Waals surface area contributed by atoms with Crippen LogP contribution in [0.25, 0.3) is 11.3 Å². The Bertz CT molecular complexity index is 1130. The number of thiazole rings is 1. The van der Waals surface area contributed by atoms with Gasteiger partial charge in [-0.25, -0.2) is 13.8 Å². The van der Waals surface area contributed by atoms with Crippen LogP contribution in [-0.2, 0) is 0 Å². The lowest BCUT2D eigenvalue weighted by atomic mass is 9.96. The van der Waals surface area contributed by atoms with Gasteiger partial charge in [0.2, 0.25) is 10.9 Å². The molecule has 3 aromatic rings. The van der Waals surface area contributed by atoms with Crippen molar-refractivity contribution in [3.05, 3.63) is 65.0 Å². The van der Waals surface area contributed by atoms with Crippen LogP contribution in [0.2, 0.25) is 0 Å². The van der Waals surface area contributed by atoms with E-state index in [2.05, 4.69) is 10.1 Å². The van der Waals surface area contributed by atoms with Crippen molar-refractivity contribution >= 4 is 22.2 Å². The Morgan fingerprint density at radius 2 is 1.72 bits per heavy atom. The van der Waals surface area contributed by atoms with E-state index < -0.39 is 24.5 Å². The lowest BCUT2D eigenvalue weighted by Gasteiger charge is -2.36. The summed E-state index contributed by atoms with van der Waals surface area (Å²) < 4.78 is 60.9. The van der Waals surface area contributed by atoms with Crippen LogP contribution in [0.4, 0.5) is 22.7 Å². The molecule has 0 bridgehead atoms. The third kappa shape index (κ3) is 3.73. The first kappa shape index (κ1) is 22.2. The van der Waals surface area contributed by atoms with Gasteiger partial charge in [0.1, 0.15) is 5.75 Å². The number of halogens is 4. The molecule has 4 rings (SSSR count). The third-order valence-corrected chi connectivity index (χ3v) is 6.05. The molecule has 2 heterocycles. The molecule has 1 aliphatic rings. The summed E-state index contributed by atoms with van der Waals surface area (Å²) in [7, 11) is 1.52. The van der Waals surface area contributed by atoms with Gasteiger partial charge in [0.25, 0.3) is 0 Å². The van der Waals surface area contributed by atoms with Gasteiger partial charge in [0.05, 0.1) is 18.5 Å². The third-order valence-electron chi connectivity index (χ3n) is 5.24. The van der Waals surface area contributed by atoms with E-state index in [9.17, 15) is 22.7 Å². The minimum atomic E-state index is -4.76. The molecule has 1 atom stereocenters. The molecule has 0 saturated heterocycles.